The van der Waals surface area contributed by atoms with Gasteiger partial charge in [-0.15, -0.1) is 0 Å². The lowest BCUT2D eigenvalue weighted by Crippen LogP contribution is -2.68. The molecule has 1 N–H and O–H groups in total. The summed E-state index contributed by atoms with van der Waals surface area (Å²) in [6.07, 6.45) is 2.60. The Balaban J connectivity index is 2.01. The summed E-state index contributed by atoms with van der Waals surface area (Å²) in [6.45, 7) is 14.7. The molecule has 1 amide bonds. The second-order valence-electron chi connectivity index (χ2n) is 13.0. The van der Waals surface area contributed by atoms with Crippen LogP contribution in [0.5, 0.6) is 5.75 Å². The first-order valence-electron chi connectivity index (χ1n) is 14.8. The number of carbonyl (C=O) groups excluding carboxylic acids is 2. The summed E-state index contributed by atoms with van der Waals surface area (Å²) < 4.78 is 12.2. The summed E-state index contributed by atoms with van der Waals surface area (Å²) in [4.78, 5) is 24.5. The van der Waals surface area contributed by atoms with Crippen LogP contribution < -0.4 is 20.1 Å². The number of amides is 1. The third-order valence-electron chi connectivity index (χ3n) is 7.15. The highest BCUT2D eigenvalue weighted by atomic mass is 32.2. The Bertz CT molecular complexity index is 1340. The van der Waals surface area contributed by atoms with Gasteiger partial charge in [-0.25, -0.2) is 4.79 Å². The highest BCUT2D eigenvalue weighted by Gasteiger charge is 2.52. The SMILES string of the molecule is COC(=O)C=C(C)CC(SCCC(=O)NC(C)(C)C)c1cccc(O[Si](c2ccccc2)(c2ccccc2)C(C)(C)C)c1. The van der Waals surface area contributed by atoms with Crippen LogP contribution in [0.2, 0.25) is 5.04 Å². The monoisotopic (exact) mass is 617 g/mol. The van der Waals surface area contributed by atoms with E-state index >= 15 is 0 Å². The lowest BCUT2D eigenvalue weighted by atomic mass is 10.0. The number of carbonyl (C=O) groups is 2. The zero-order chi connectivity index (χ0) is 31.7. The Morgan fingerprint density at radius 2 is 1.47 bits per heavy atom. The van der Waals surface area contributed by atoms with Gasteiger partial charge in [-0.05, 0) is 67.2 Å². The van der Waals surface area contributed by atoms with E-state index in [2.05, 4.69) is 86.8 Å². The van der Waals surface area contributed by atoms with E-state index in [1.165, 1.54) is 17.5 Å². The average molecular weight is 618 g/mol. The van der Waals surface area contributed by atoms with Gasteiger partial charge in [0, 0.05) is 29.0 Å². The summed E-state index contributed by atoms with van der Waals surface area (Å²) in [5, 5.41) is 5.33. The summed E-state index contributed by atoms with van der Waals surface area (Å²) in [5.41, 5.74) is 1.74. The zero-order valence-electron chi connectivity index (χ0n) is 26.9. The molecule has 0 spiro atoms. The summed E-state index contributed by atoms with van der Waals surface area (Å²) in [5.74, 6) is 1.13. The van der Waals surface area contributed by atoms with Crippen molar-refractivity contribution in [1.29, 1.82) is 0 Å². The average Bonchev–Trinajstić information content (AvgIpc) is 2.94. The number of thioether (sulfide) groups is 1. The third-order valence-corrected chi connectivity index (χ3v) is 13.4. The normalized spacial score (nSPS) is 13.3. The molecule has 7 heteroatoms. The summed E-state index contributed by atoms with van der Waals surface area (Å²) in [7, 11) is -1.42. The highest BCUT2D eigenvalue weighted by Crippen LogP contribution is 2.40. The van der Waals surface area contributed by atoms with Gasteiger partial charge in [-0.3, -0.25) is 4.79 Å². The molecule has 43 heavy (non-hydrogen) atoms. The molecular formula is C36H47NO4SSi. The topological polar surface area (TPSA) is 64.6 Å². The van der Waals surface area contributed by atoms with E-state index < -0.39 is 8.32 Å². The Hall–Kier alpha value is -3.29. The van der Waals surface area contributed by atoms with E-state index in [4.69, 9.17) is 9.16 Å². The Morgan fingerprint density at radius 1 is 0.884 bits per heavy atom. The molecule has 0 bridgehead atoms. The number of hydrogen-bond acceptors (Lipinski definition) is 5. The molecule has 1 atom stereocenters. The van der Waals surface area contributed by atoms with Crippen molar-refractivity contribution < 1.29 is 18.8 Å². The predicted molar refractivity (Wildman–Crippen MR) is 183 cm³/mol. The molecule has 0 saturated carbocycles. The first kappa shape index (κ1) is 34.2. The number of hydrogen-bond donors (Lipinski definition) is 1. The molecule has 0 radical (unpaired) electrons. The number of nitrogens with one attached hydrogen (secondary N) is 1. The molecule has 0 heterocycles. The smallest absolute Gasteiger partial charge is 0.330 e. The van der Waals surface area contributed by atoms with Crippen molar-refractivity contribution in [2.24, 2.45) is 0 Å². The second kappa shape index (κ2) is 14.9. The first-order chi connectivity index (χ1) is 20.2. The fourth-order valence-electron chi connectivity index (χ4n) is 5.26. The molecule has 230 valence electrons. The van der Waals surface area contributed by atoms with Gasteiger partial charge in [0.15, 0.2) is 0 Å². The van der Waals surface area contributed by atoms with E-state index in [0.29, 0.717) is 18.6 Å². The molecular weight excluding hydrogens is 571 g/mol. The number of rotatable bonds is 12. The van der Waals surface area contributed by atoms with Crippen LogP contribution in [0.25, 0.3) is 0 Å². The van der Waals surface area contributed by atoms with Crippen LogP contribution in [-0.4, -0.2) is 38.6 Å². The van der Waals surface area contributed by atoms with Crippen LogP contribution in [0.15, 0.2) is 96.6 Å². The molecule has 0 aliphatic carbocycles. The number of methoxy groups -OCH3 is 1. The molecule has 3 aromatic carbocycles. The molecule has 3 aromatic rings. The van der Waals surface area contributed by atoms with Crippen molar-refractivity contribution in [3.63, 3.8) is 0 Å². The van der Waals surface area contributed by atoms with Gasteiger partial charge >= 0.3 is 14.3 Å². The maximum atomic E-state index is 12.5. The molecule has 1 unspecified atom stereocenters. The van der Waals surface area contributed by atoms with Crippen molar-refractivity contribution in [2.45, 2.75) is 77.1 Å². The maximum Gasteiger partial charge on any atom is 0.330 e. The molecule has 0 aliphatic heterocycles. The molecule has 3 rings (SSSR count). The van der Waals surface area contributed by atoms with Crippen LogP contribution in [0.1, 0.15) is 72.1 Å². The van der Waals surface area contributed by atoms with E-state index in [1.807, 2.05) is 52.0 Å². The minimum Gasteiger partial charge on any atom is -0.534 e. The minimum absolute atomic E-state index is 0.0195. The van der Waals surface area contributed by atoms with E-state index in [0.717, 1.165) is 16.9 Å². The minimum atomic E-state index is -2.80. The quantitative estimate of drug-likeness (QED) is 0.132. The van der Waals surface area contributed by atoms with Gasteiger partial charge < -0.3 is 14.5 Å². The van der Waals surface area contributed by atoms with E-state index in [9.17, 15) is 9.59 Å². The van der Waals surface area contributed by atoms with E-state index in [1.54, 1.807) is 17.8 Å². The van der Waals surface area contributed by atoms with Crippen molar-refractivity contribution in [3.8, 4) is 5.75 Å². The van der Waals surface area contributed by atoms with Crippen LogP contribution in [0.4, 0.5) is 0 Å². The Kier molecular flexibility index (Phi) is 11.9. The zero-order valence-corrected chi connectivity index (χ0v) is 28.7. The van der Waals surface area contributed by atoms with Crippen LogP contribution in [0.3, 0.4) is 0 Å². The van der Waals surface area contributed by atoms with Crippen LogP contribution in [0, 0.1) is 0 Å². The molecule has 5 nitrogen and oxygen atoms in total. The van der Waals surface area contributed by atoms with Gasteiger partial charge in [0.1, 0.15) is 5.75 Å². The molecule has 0 fully saturated rings. The fourth-order valence-corrected chi connectivity index (χ4v) is 11.0. The van der Waals surface area contributed by atoms with Crippen LogP contribution >= 0.6 is 11.8 Å². The van der Waals surface area contributed by atoms with Gasteiger partial charge in [0.05, 0.1) is 7.11 Å². The number of benzene rings is 3. The van der Waals surface area contributed by atoms with Crippen molar-refractivity contribution in [3.05, 3.63) is 102 Å². The summed E-state index contributed by atoms with van der Waals surface area (Å²) in [6, 6.07) is 29.5. The maximum absolute atomic E-state index is 12.5. The number of esters is 1. The standard InChI is InChI=1S/C36H47NO4SSi/c1-27(25-34(39)40-8)24-32(42-23-22-33(38)37-35(2,3)4)28-16-15-17-29(26-28)41-43(36(5,6)7,30-18-11-9-12-19-30)31-20-13-10-14-21-31/h9-21,25-26,32H,22-24H2,1-8H3,(H,37,38). The number of ether oxygens (including phenoxy) is 1. The van der Waals surface area contributed by atoms with Crippen LogP contribution in [-0.2, 0) is 14.3 Å². The van der Waals surface area contributed by atoms with Crippen molar-refractivity contribution in [2.75, 3.05) is 12.9 Å². The largest absolute Gasteiger partial charge is 0.534 e. The Morgan fingerprint density at radius 3 is 1.98 bits per heavy atom. The Labute approximate surface area is 263 Å². The summed E-state index contributed by atoms with van der Waals surface area (Å²) >= 11 is 1.72. The van der Waals surface area contributed by atoms with Gasteiger partial charge in [0.25, 0.3) is 0 Å². The predicted octanol–water partition coefficient (Wildman–Crippen LogP) is 7.21. The van der Waals surface area contributed by atoms with Crippen molar-refractivity contribution >= 4 is 42.3 Å². The lowest BCUT2D eigenvalue weighted by molar-refractivity contribution is -0.134. The number of allylic oxidation sites excluding steroid dienone is 1. The lowest BCUT2D eigenvalue weighted by Gasteiger charge is -2.43. The molecule has 0 saturated heterocycles. The molecule has 0 aromatic heterocycles. The van der Waals surface area contributed by atoms with Gasteiger partial charge in [0.2, 0.25) is 5.91 Å². The van der Waals surface area contributed by atoms with Gasteiger partial charge in [-0.2, -0.15) is 11.8 Å². The highest BCUT2D eigenvalue weighted by molar-refractivity contribution is 7.99. The first-order valence-corrected chi connectivity index (χ1v) is 17.8. The third kappa shape index (κ3) is 9.60. The molecule has 0 aliphatic rings. The van der Waals surface area contributed by atoms with Gasteiger partial charge in [-0.1, -0.05) is 99.1 Å². The fraction of sp³-hybridized carbons (Fsp3) is 0.389. The van der Waals surface area contributed by atoms with Crippen molar-refractivity contribution in [1.82, 2.24) is 5.32 Å². The second-order valence-corrected chi connectivity index (χ2v) is 18.5. The van der Waals surface area contributed by atoms with E-state index in [-0.39, 0.29) is 27.7 Å².